The van der Waals surface area contributed by atoms with E-state index >= 15 is 0 Å². The van der Waals surface area contributed by atoms with Gasteiger partial charge in [-0.1, -0.05) is 22.0 Å². The number of rotatable bonds is 2. The summed E-state index contributed by atoms with van der Waals surface area (Å²) in [6.07, 6.45) is 0. The molecule has 1 fully saturated rings. The third-order valence-electron chi connectivity index (χ3n) is 2.58. The molecular weight excluding hydrogens is 258 g/mol. The van der Waals surface area contributed by atoms with E-state index < -0.39 is 0 Å². The molecule has 15 heavy (non-hydrogen) atoms. The van der Waals surface area contributed by atoms with Crippen LogP contribution in [0.4, 0.5) is 5.69 Å². The number of hydrogen-bond donors (Lipinski definition) is 1. The summed E-state index contributed by atoms with van der Waals surface area (Å²) < 4.78 is 6.40. The molecule has 1 N–H and O–H groups in total. The lowest BCUT2D eigenvalue weighted by Gasteiger charge is -2.36. The quantitative estimate of drug-likeness (QED) is 0.888. The Morgan fingerprint density at radius 3 is 3.13 bits per heavy atom. The monoisotopic (exact) mass is 271 g/mol. The van der Waals surface area contributed by atoms with Crippen LogP contribution in [0.2, 0.25) is 0 Å². The number of anilines is 1. The molecule has 1 saturated heterocycles. The first-order valence-corrected chi connectivity index (χ1v) is 5.81. The van der Waals surface area contributed by atoms with Gasteiger partial charge in [-0.15, -0.1) is 0 Å². The van der Waals surface area contributed by atoms with E-state index in [1.165, 1.54) is 0 Å². The van der Waals surface area contributed by atoms with E-state index in [0.29, 0.717) is 6.61 Å². The Kier molecular flexibility index (Phi) is 3.61. The third kappa shape index (κ3) is 2.51. The zero-order valence-electron chi connectivity index (χ0n) is 8.40. The van der Waals surface area contributed by atoms with Crippen LogP contribution in [0.25, 0.3) is 0 Å². The Balaban J connectivity index is 2.20. The van der Waals surface area contributed by atoms with E-state index in [4.69, 9.17) is 4.74 Å². The Morgan fingerprint density at radius 1 is 1.53 bits per heavy atom. The average molecular weight is 272 g/mol. The van der Waals surface area contributed by atoms with E-state index in [2.05, 4.69) is 33.0 Å². The minimum absolute atomic E-state index is 0.0769. The van der Waals surface area contributed by atoms with Crippen molar-refractivity contribution < 1.29 is 9.84 Å². The summed E-state index contributed by atoms with van der Waals surface area (Å²) >= 11 is 3.45. The molecule has 0 saturated carbocycles. The average Bonchev–Trinajstić information content (AvgIpc) is 2.29. The van der Waals surface area contributed by atoms with Gasteiger partial charge in [-0.3, -0.25) is 0 Å². The van der Waals surface area contributed by atoms with Crippen molar-refractivity contribution in [3.8, 4) is 0 Å². The van der Waals surface area contributed by atoms with Crippen LogP contribution >= 0.6 is 15.9 Å². The SMILES string of the molecule is OCC1COCCN1c1cccc(Br)c1. The Hall–Kier alpha value is -0.580. The number of ether oxygens (including phenoxy) is 1. The zero-order valence-corrected chi connectivity index (χ0v) is 9.98. The second-order valence-electron chi connectivity index (χ2n) is 3.58. The molecule has 0 bridgehead atoms. The Labute approximate surface area is 97.8 Å². The number of aliphatic hydroxyl groups is 1. The molecule has 0 aliphatic carbocycles. The number of morpholine rings is 1. The van der Waals surface area contributed by atoms with Gasteiger partial charge in [0.25, 0.3) is 0 Å². The molecule has 0 spiro atoms. The van der Waals surface area contributed by atoms with Gasteiger partial charge in [-0.2, -0.15) is 0 Å². The van der Waals surface area contributed by atoms with E-state index in [9.17, 15) is 5.11 Å². The predicted molar refractivity (Wildman–Crippen MR) is 63.2 cm³/mol. The Morgan fingerprint density at radius 2 is 2.40 bits per heavy atom. The molecule has 3 nitrogen and oxygen atoms in total. The van der Waals surface area contributed by atoms with Crippen LogP contribution in [0, 0.1) is 0 Å². The van der Waals surface area contributed by atoms with Gasteiger partial charge in [0.15, 0.2) is 0 Å². The van der Waals surface area contributed by atoms with E-state index in [-0.39, 0.29) is 12.6 Å². The second kappa shape index (κ2) is 4.96. The minimum Gasteiger partial charge on any atom is -0.394 e. The standard InChI is InChI=1S/C11H14BrNO2/c12-9-2-1-3-10(6-9)13-4-5-15-8-11(13)7-14/h1-3,6,11,14H,4-5,7-8H2. The van der Waals surface area contributed by atoms with E-state index in [1.54, 1.807) is 0 Å². The Bertz CT molecular complexity index is 332. The summed E-state index contributed by atoms with van der Waals surface area (Å²) in [7, 11) is 0. The number of aliphatic hydroxyl groups excluding tert-OH is 1. The van der Waals surface area contributed by atoms with Crippen molar-refractivity contribution in [2.75, 3.05) is 31.3 Å². The lowest BCUT2D eigenvalue weighted by molar-refractivity contribution is 0.0727. The first kappa shape index (κ1) is 10.9. The second-order valence-corrected chi connectivity index (χ2v) is 4.50. The summed E-state index contributed by atoms with van der Waals surface area (Å²) in [6.45, 7) is 2.29. The summed E-state index contributed by atoms with van der Waals surface area (Å²) in [5.74, 6) is 0. The fourth-order valence-corrected chi connectivity index (χ4v) is 2.19. The molecule has 0 radical (unpaired) electrons. The first-order chi connectivity index (χ1) is 7.31. The lowest BCUT2D eigenvalue weighted by Crippen LogP contribution is -2.47. The molecule has 82 valence electrons. The van der Waals surface area contributed by atoms with Gasteiger partial charge in [0.1, 0.15) is 0 Å². The van der Waals surface area contributed by atoms with Gasteiger partial charge in [-0.25, -0.2) is 0 Å². The molecule has 1 aromatic carbocycles. The number of hydrogen-bond acceptors (Lipinski definition) is 3. The summed E-state index contributed by atoms with van der Waals surface area (Å²) in [4.78, 5) is 2.19. The van der Waals surface area contributed by atoms with Crippen LogP contribution in [0.15, 0.2) is 28.7 Å². The van der Waals surface area contributed by atoms with Crippen molar-refractivity contribution in [3.05, 3.63) is 28.7 Å². The van der Waals surface area contributed by atoms with Crippen LogP contribution < -0.4 is 4.90 Å². The van der Waals surface area contributed by atoms with Crippen molar-refractivity contribution in [1.82, 2.24) is 0 Å². The smallest absolute Gasteiger partial charge is 0.0755 e. The minimum atomic E-state index is 0.0769. The molecule has 1 heterocycles. The van der Waals surface area contributed by atoms with Crippen molar-refractivity contribution >= 4 is 21.6 Å². The van der Waals surface area contributed by atoms with E-state index in [1.807, 2.05) is 12.1 Å². The highest BCUT2D eigenvalue weighted by atomic mass is 79.9. The van der Waals surface area contributed by atoms with Crippen molar-refractivity contribution in [3.63, 3.8) is 0 Å². The van der Waals surface area contributed by atoms with Crippen LogP contribution in [0.5, 0.6) is 0 Å². The number of benzene rings is 1. The van der Waals surface area contributed by atoms with Gasteiger partial charge in [0.05, 0.1) is 25.9 Å². The molecule has 4 heteroatoms. The zero-order chi connectivity index (χ0) is 10.7. The van der Waals surface area contributed by atoms with Gasteiger partial charge in [0.2, 0.25) is 0 Å². The normalized spacial score (nSPS) is 21.7. The van der Waals surface area contributed by atoms with Crippen molar-refractivity contribution in [2.45, 2.75) is 6.04 Å². The van der Waals surface area contributed by atoms with Crippen molar-refractivity contribution in [2.24, 2.45) is 0 Å². The molecule has 1 aromatic rings. The molecular formula is C11H14BrNO2. The molecule has 0 aromatic heterocycles. The van der Waals surface area contributed by atoms with Crippen molar-refractivity contribution in [1.29, 1.82) is 0 Å². The maximum Gasteiger partial charge on any atom is 0.0755 e. The highest BCUT2D eigenvalue weighted by Crippen LogP contribution is 2.23. The number of halogens is 1. The third-order valence-corrected chi connectivity index (χ3v) is 3.07. The van der Waals surface area contributed by atoms with Gasteiger partial charge < -0.3 is 14.7 Å². The molecule has 1 atom stereocenters. The molecule has 1 aliphatic rings. The van der Waals surface area contributed by atoms with Gasteiger partial charge in [0, 0.05) is 16.7 Å². The topological polar surface area (TPSA) is 32.7 Å². The fraction of sp³-hybridized carbons (Fsp3) is 0.455. The first-order valence-electron chi connectivity index (χ1n) is 5.02. The largest absolute Gasteiger partial charge is 0.394 e. The fourth-order valence-electron chi connectivity index (χ4n) is 1.80. The molecule has 1 aliphatic heterocycles. The molecule has 0 amide bonds. The van der Waals surface area contributed by atoms with Crippen LogP contribution in [-0.4, -0.2) is 37.5 Å². The number of nitrogens with zero attached hydrogens (tertiary/aromatic N) is 1. The molecule has 2 rings (SSSR count). The maximum atomic E-state index is 9.26. The maximum absolute atomic E-state index is 9.26. The predicted octanol–water partition coefficient (Wildman–Crippen LogP) is 1.65. The summed E-state index contributed by atoms with van der Waals surface area (Å²) in [5.41, 5.74) is 1.13. The van der Waals surface area contributed by atoms with Gasteiger partial charge >= 0.3 is 0 Å². The van der Waals surface area contributed by atoms with Crippen LogP contribution in [-0.2, 0) is 4.74 Å². The highest BCUT2D eigenvalue weighted by molar-refractivity contribution is 9.10. The van der Waals surface area contributed by atoms with Crippen LogP contribution in [0.3, 0.4) is 0 Å². The lowest BCUT2D eigenvalue weighted by atomic mass is 10.2. The summed E-state index contributed by atoms with van der Waals surface area (Å²) in [6, 6.07) is 8.20. The molecule has 1 unspecified atom stereocenters. The van der Waals surface area contributed by atoms with Gasteiger partial charge in [-0.05, 0) is 18.2 Å². The highest BCUT2D eigenvalue weighted by Gasteiger charge is 2.22. The summed E-state index contributed by atoms with van der Waals surface area (Å²) in [5, 5.41) is 9.26. The van der Waals surface area contributed by atoms with Crippen LogP contribution in [0.1, 0.15) is 0 Å². The van der Waals surface area contributed by atoms with E-state index in [0.717, 1.165) is 23.3 Å².